The van der Waals surface area contributed by atoms with Crippen molar-refractivity contribution < 1.29 is 13.2 Å². The Morgan fingerprint density at radius 2 is 2.00 bits per heavy atom. The maximum Gasteiger partial charge on any atom is 0.265 e. The first kappa shape index (κ1) is 15.8. The van der Waals surface area contributed by atoms with Crippen LogP contribution in [0, 0.1) is 13.8 Å². The van der Waals surface area contributed by atoms with Crippen LogP contribution in [0.5, 0.6) is 5.75 Å². The molecule has 1 heterocycles. The fourth-order valence-corrected chi connectivity index (χ4v) is 3.86. The minimum atomic E-state index is -3.77. The van der Waals surface area contributed by atoms with E-state index in [9.17, 15) is 8.42 Å². The van der Waals surface area contributed by atoms with Crippen LogP contribution in [0.4, 0.5) is 5.69 Å². The first-order chi connectivity index (χ1) is 9.76. The summed E-state index contributed by atoms with van der Waals surface area (Å²) in [5, 5.41) is 4.20. The van der Waals surface area contributed by atoms with Gasteiger partial charge in [0.05, 0.1) is 24.2 Å². The summed E-state index contributed by atoms with van der Waals surface area (Å²) in [6, 6.07) is 4.82. The summed E-state index contributed by atoms with van der Waals surface area (Å²) in [4.78, 5) is 0.0713. The lowest BCUT2D eigenvalue weighted by Crippen LogP contribution is -2.15. The molecule has 6 nitrogen and oxygen atoms in total. The van der Waals surface area contributed by atoms with E-state index < -0.39 is 10.0 Å². The second-order valence-electron chi connectivity index (χ2n) is 4.57. The van der Waals surface area contributed by atoms with Gasteiger partial charge in [0.1, 0.15) is 10.6 Å². The van der Waals surface area contributed by atoms with Crippen molar-refractivity contribution in [2.24, 2.45) is 7.05 Å². The van der Waals surface area contributed by atoms with Crippen LogP contribution in [0.25, 0.3) is 0 Å². The Kier molecular flexibility index (Phi) is 4.29. The van der Waals surface area contributed by atoms with Crippen molar-refractivity contribution in [3.05, 3.63) is 34.1 Å². The van der Waals surface area contributed by atoms with Crippen LogP contribution < -0.4 is 9.46 Å². The van der Waals surface area contributed by atoms with Crippen molar-refractivity contribution in [3.8, 4) is 5.75 Å². The Hall–Kier alpha value is -1.54. The number of aromatic nitrogens is 2. The van der Waals surface area contributed by atoms with Crippen molar-refractivity contribution in [1.29, 1.82) is 0 Å². The van der Waals surface area contributed by atoms with Crippen LogP contribution >= 0.6 is 15.9 Å². The molecule has 21 heavy (non-hydrogen) atoms. The highest BCUT2D eigenvalue weighted by Crippen LogP contribution is 2.30. The largest absolute Gasteiger partial charge is 0.495 e. The van der Waals surface area contributed by atoms with Crippen molar-refractivity contribution in [1.82, 2.24) is 9.78 Å². The van der Waals surface area contributed by atoms with Gasteiger partial charge in [-0.1, -0.05) is 15.9 Å². The molecule has 0 bridgehead atoms. The fraction of sp³-hybridized carbons (Fsp3) is 0.308. The van der Waals surface area contributed by atoms with E-state index in [1.807, 2.05) is 0 Å². The third-order valence-electron chi connectivity index (χ3n) is 3.16. The molecule has 2 rings (SSSR count). The lowest BCUT2D eigenvalue weighted by molar-refractivity contribution is 0.403. The van der Waals surface area contributed by atoms with Gasteiger partial charge in [-0.2, -0.15) is 5.10 Å². The van der Waals surface area contributed by atoms with Crippen LogP contribution in [0.2, 0.25) is 0 Å². The lowest BCUT2D eigenvalue weighted by atomic mass is 10.3. The van der Waals surface area contributed by atoms with Crippen molar-refractivity contribution in [3.63, 3.8) is 0 Å². The molecule has 0 saturated heterocycles. The van der Waals surface area contributed by atoms with E-state index in [1.54, 1.807) is 37.7 Å². The van der Waals surface area contributed by atoms with Gasteiger partial charge in [-0.15, -0.1) is 0 Å². The molecule has 0 spiro atoms. The summed E-state index contributed by atoms with van der Waals surface area (Å²) in [6.07, 6.45) is 0. The number of nitrogens with zero attached hydrogens (tertiary/aromatic N) is 2. The zero-order chi connectivity index (χ0) is 15.8. The zero-order valence-corrected chi connectivity index (χ0v) is 14.5. The number of rotatable bonds is 4. The van der Waals surface area contributed by atoms with Crippen LogP contribution in [-0.4, -0.2) is 25.3 Å². The second kappa shape index (κ2) is 5.69. The number of hydrogen-bond acceptors (Lipinski definition) is 4. The Labute approximate surface area is 132 Å². The number of hydrogen-bond donors (Lipinski definition) is 1. The highest BCUT2D eigenvalue weighted by Gasteiger charge is 2.23. The fourth-order valence-electron chi connectivity index (χ4n) is 1.97. The van der Waals surface area contributed by atoms with Gasteiger partial charge in [0.25, 0.3) is 10.0 Å². The third-order valence-corrected chi connectivity index (χ3v) is 5.02. The van der Waals surface area contributed by atoms with Gasteiger partial charge in [0, 0.05) is 11.5 Å². The molecule has 0 saturated carbocycles. The van der Waals surface area contributed by atoms with E-state index in [4.69, 9.17) is 4.74 Å². The molecular formula is C13H16BrN3O3S. The number of nitrogens with one attached hydrogen (secondary N) is 1. The summed E-state index contributed by atoms with van der Waals surface area (Å²) in [6.45, 7) is 3.55. The first-order valence-electron chi connectivity index (χ1n) is 6.13. The van der Waals surface area contributed by atoms with Crippen LogP contribution in [-0.2, 0) is 17.1 Å². The summed E-state index contributed by atoms with van der Waals surface area (Å²) in [5.74, 6) is 0.282. The topological polar surface area (TPSA) is 73.2 Å². The molecule has 0 unspecified atom stereocenters. The van der Waals surface area contributed by atoms with Gasteiger partial charge < -0.3 is 4.74 Å². The van der Waals surface area contributed by atoms with Crippen molar-refractivity contribution in [2.45, 2.75) is 18.7 Å². The predicted molar refractivity (Wildman–Crippen MR) is 84.2 cm³/mol. The van der Waals surface area contributed by atoms with E-state index >= 15 is 0 Å². The third kappa shape index (κ3) is 3.06. The molecule has 1 aromatic carbocycles. The number of methoxy groups -OCH3 is 1. The lowest BCUT2D eigenvalue weighted by Gasteiger charge is -2.12. The highest BCUT2D eigenvalue weighted by molar-refractivity contribution is 9.10. The van der Waals surface area contributed by atoms with Crippen LogP contribution in [0.15, 0.2) is 27.6 Å². The Balaban J connectivity index is 2.50. The van der Waals surface area contributed by atoms with Gasteiger partial charge in [0.2, 0.25) is 0 Å². The number of halogens is 1. The van der Waals surface area contributed by atoms with Gasteiger partial charge in [-0.25, -0.2) is 8.42 Å². The number of aryl methyl sites for hydroxylation is 2. The van der Waals surface area contributed by atoms with Gasteiger partial charge in [-0.05, 0) is 32.0 Å². The molecule has 0 aliphatic rings. The van der Waals surface area contributed by atoms with Crippen molar-refractivity contribution in [2.75, 3.05) is 11.8 Å². The summed E-state index contributed by atoms with van der Waals surface area (Å²) >= 11 is 3.27. The maximum atomic E-state index is 12.6. The highest BCUT2D eigenvalue weighted by atomic mass is 79.9. The van der Waals surface area contributed by atoms with Crippen LogP contribution in [0.1, 0.15) is 11.4 Å². The minimum Gasteiger partial charge on any atom is -0.495 e. The summed E-state index contributed by atoms with van der Waals surface area (Å²) in [7, 11) is -0.572. The molecule has 8 heteroatoms. The average Bonchev–Trinajstić information content (AvgIpc) is 2.65. The molecular weight excluding hydrogens is 358 g/mol. The average molecular weight is 374 g/mol. The molecule has 1 N–H and O–H groups in total. The molecule has 0 aliphatic carbocycles. The summed E-state index contributed by atoms with van der Waals surface area (Å²) in [5.41, 5.74) is 1.84. The Morgan fingerprint density at radius 1 is 1.33 bits per heavy atom. The van der Waals surface area contributed by atoms with Gasteiger partial charge in [0.15, 0.2) is 0 Å². The standard InChI is InChI=1S/C13H16BrN3O3S/c1-8-13(9(2)17(3)15-8)16-21(18,19)12-7-10(14)5-6-11(12)20-4/h5-7,16H,1-4H3. The second-order valence-corrected chi connectivity index (χ2v) is 7.14. The van der Waals surface area contributed by atoms with E-state index in [1.165, 1.54) is 13.2 Å². The molecule has 0 aliphatic heterocycles. The zero-order valence-electron chi connectivity index (χ0n) is 12.1. The Morgan fingerprint density at radius 3 is 2.52 bits per heavy atom. The first-order valence-corrected chi connectivity index (χ1v) is 8.40. The quantitative estimate of drug-likeness (QED) is 0.893. The van der Waals surface area contributed by atoms with Gasteiger partial charge in [-0.3, -0.25) is 9.40 Å². The smallest absolute Gasteiger partial charge is 0.265 e. The molecule has 114 valence electrons. The number of anilines is 1. The maximum absolute atomic E-state index is 12.6. The SMILES string of the molecule is COc1ccc(Br)cc1S(=O)(=O)Nc1c(C)nn(C)c1C. The molecule has 0 atom stereocenters. The summed E-state index contributed by atoms with van der Waals surface area (Å²) < 4.78 is 35.2. The van der Waals surface area contributed by atoms with E-state index in [2.05, 4.69) is 25.8 Å². The molecule has 0 radical (unpaired) electrons. The normalized spacial score (nSPS) is 11.5. The molecule has 1 aromatic heterocycles. The number of benzene rings is 1. The van der Waals surface area contributed by atoms with E-state index in [0.717, 1.165) is 5.69 Å². The predicted octanol–water partition coefficient (Wildman–Crippen LogP) is 2.61. The van der Waals surface area contributed by atoms with E-state index in [0.29, 0.717) is 15.9 Å². The monoisotopic (exact) mass is 373 g/mol. The van der Waals surface area contributed by atoms with E-state index in [-0.39, 0.29) is 10.6 Å². The molecule has 2 aromatic rings. The minimum absolute atomic E-state index is 0.0713. The van der Waals surface area contributed by atoms with Crippen molar-refractivity contribution >= 4 is 31.6 Å². The van der Waals surface area contributed by atoms with Crippen LogP contribution in [0.3, 0.4) is 0 Å². The number of sulfonamides is 1. The molecule has 0 amide bonds. The molecule has 0 fully saturated rings. The van der Waals surface area contributed by atoms with Gasteiger partial charge >= 0.3 is 0 Å². The Bertz CT molecular complexity index is 784. The number of ether oxygens (including phenoxy) is 1.